The van der Waals surface area contributed by atoms with Crippen LogP contribution in [0.2, 0.25) is 0 Å². The first-order valence-electron chi connectivity index (χ1n) is 7.24. The highest BCUT2D eigenvalue weighted by atomic mass is 16.4. The molecule has 0 saturated carbocycles. The van der Waals surface area contributed by atoms with Crippen LogP contribution in [0.5, 0.6) is 17.2 Å². The van der Waals surface area contributed by atoms with E-state index in [1.54, 1.807) is 6.92 Å². The SMILES string of the molecule is [B]c1c([B])c(O)c2c(C(=O)c3ccc(O)cc3)c(CC)oc2c1O. The zero-order chi connectivity index (χ0) is 17.6. The number of rotatable bonds is 3. The Morgan fingerprint density at radius 3 is 2.21 bits per heavy atom. The van der Waals surface area contributed by atoms with Crippen LogP contribution in [0.15, 0.2) is 28.7 Å². The van der Waals surface area contributed by atoms with E-state index in [9.17, 15) is 20.1 Å². The Morgan fingerprint density at radius 1 is 1.04 bits per heavy atom. The van der Waals surface area contributed by atoms with Gasteiger partial charge in [0.15, 0.2) is 17.1 Å². The number of phenols is 3. The van der Waals surface area contributed by atoms with Crippen molar-refractivity contribution in [2.45, 2.75) is 13.3 Å². The number of furan rings is 1. The summed E-state index contributed by atoms with van der Waals surface area (Å²) in [5.74, 6) is -0.939. The number of aryl methyl sites for hydroxylation is 1. The summed E-state index contributed by atoms with van der Waals surface area (Å²) in [6.07, 6.45) is 0.354. The summed E-state index contributed by atoms with van der Waals surface area (Å²) in [5, 5.41) is 29.8. The maximum absolute atomic E-state index is 12.9. The number of hydrogen-bond donors (Lipinski definition) is 3. The van der Waals surface area contributed by atoms with E-state index in [-0.39, 0.29) is 33.2 Å². The third-order valence-corrected chi connectivity index (χ3v) is 3.91. The monoisotopic (exact) mass is 318 g/mol. The number of benzene rings is 2. The van der Waals surface area contributed by atoms with E-state index in [1.807, 2.05) is 0 Å². The molecule has 116 valence electrons. The number of fused-ring (bicyclic) bond motifs is 1. The summed E-state index contributed by atoms with van der Waals surface area (Å²) in [5.41, 5.74) is -0.112. The Hall–Kier alpha value is -2.82. The van der Waals surface area contributed by atoms with E-state index in [0.29, 0.717) is 17.7 Å². The molecule has 3 rings (SSSR count). The van der Waals surface area contributed by atoms with Gasteiger partial charge in [-0.2, -0.15) is 0 Å². The Bertz CT molecular complexity index is 958. The van der Waals surface area contributed by atoms with Crippen LogP contribution in [-0.4, -0.2) is 36.8 Å². The van der Waals surface area contributed by atoms with Gasteiger partial charge in [0.2, 0.25) is 0 Å². The molecular formula is C17H12B2O5. The van der Waals surface area contributed by atoms with Crippen LogP contribution in [0, 0.1) is 0 Å². The van der Waals surface area contributed by atoms with Crippen LogP contribution < -0.4 is 10.9 Å². The van der Waals surface area contributed by atoms with Gasteiger partial charge < -0.3 is 19.7 Å². The molecule has 24 heavy (non-hydrogen) atoms. The summed E-state index contributed by atoms with van der Waals surface area (Å²) in [4.78, 5) is 12.9. The molecule has 2 aromatic carbocycles. The molecule has 0 spiro atoms. The van der Waals surface area contributed by atoms with Crippen LogP contribution in [0.1, 0.15) is 28.6 Å². The van der Waals surface area contributed by atoms with Gasteiger partial charge >= 0.3 is 0 Å². The van der Waals surface area contributed by atoms with Gasteiger partial charge in [-0.05, 0) is 24.3 Å². The van der Waals surface area contributed by atoms with Gasteiger partial charge in [0.1, 0.15) is 33.0 Å². The third kappa shape index (κ3) is 2.24. The number of phenolic OH excluding ortho intramolecular Hbond substituents is 3. The smallest absolute Gasteiger partial charge is 0.197 e. The Labute approximate surface area is 140 Å². The molecule has 0 amide bonds. The molecule has 5 nitrogen and oxygen atoms in total. The van der Waals surface area contributed by atoms with Gasteiger partial charge in [0.05, 0.1) is 10.9 Å². The number of ketones is 1. The fraction of sp³-hybridized carbons (Fsp3) is 0.118. The van der Waals surface area contributed by atoms with Gasteiger partial charge in [-0.3, -0.25) is 4.79 Å². The highest BCUT2D eigenvalue weighted by Crippen LogP contribution is 2.37. The molecule has 0 fully saturated rings. The number of carbonyl (C=O) groups is 1. The third-order valence-electron chi connectivity index (χ3n) is 3.91. The second-order valence-corrected chi connectivity index (χ2v) is 5.36. The van der Waals surface area contributed by atoms with Crippen molar-refractivity contribution in [1.29, 1.82) is 0 Å². The molecule has 1 aromatic heterocycles. The summed E-state index contributed by atoms with van der Waals surface area (Å²) >= 11 is 0. The molecule has 0 bridgehead atoms. The molecule has 0 aliphatic heterocycles. The molecule has 4 radical (unpaired) electrons. The van der Waals surface area contributed by atoms with E-state index in [0.717, 1.165) is 0 Å². The molecule has 3 N–H and O–H groups in total. The zero-order valence-electron chi connectivity index (χ0n) is 12.8. The van der Waals surface area contributed by atoms with Crippen molar-refractivity contribution in [1.82, 2.24) is 0 Å². The highest BCUT2D eigenvalue weighted by Gasteiger charge is 2.27. The zero-order valence-corrected chi connectivity index (χ0v) is 12.8. The second kappa shape index (κ2) is 5.67. The quantitative estimate of drug-likeness (QED) is 0.380. The molecular weight excluding hydrogens is 306 g/mol. The number of carbonyl (C=O) groups excluding carboxylic acids is 1. The van der Waals surface area contributed by atoms with E-state index in [4.69, 9.17) is 20.1 Å². The molecule has 0 unspecified atom stereocenters. The summed E-state index contributed by atoms with van der Waals surface area (Å²) in [6.45, 7) is 1.77. The topological polar surface area (TPSA) is 90.9 Å². The Morgan fingerprint density at radius 2 is 1.62 bits per heavy atom. The first kappa shape index (κ1) is 16.1. The van der Waals surface area contributed by atoms with Crippen LogP contribution in [0.25, 0.3) is 11.0 Å². The van der Waals surface area contributed by atoms with Crippen LogP contribution >= 0.6 is 0 Å². The second-order valence-electron chi connectivity index (χ2n) is 5.36. The van der Waals surface area contributed by atoms with Crippen molar-refractivity contribution in [3.8, 4) is 17.2 Å². The Balaban J connectivity index is 2.34. The maximum atomic E-state index is 12.9. The minimum Gasteiger partial charge on any atom is -0.508 e. The van der Waals surface area contributed by atoms with Crippen molar-refractivity contribution in [2.24, 2.45) is 0 Å². The summed E-state index contributed by atoms with van der Waals surface area (Å²) in [7, 11) is 11.4. The van der Waals surface area contributed by atoms with E-state index in [2.05, 4.69) is 0 Å². The van der Waals surface area contributed by atoms with E-state index < -0.39 is 17.3 Å². The van der Waals surface area contributed by atoms with Gasteiger partial charge in [0, 0.05) is 12.0 Å². The Kier molecular flexibility index (Phi) is 3.79. The summed E-state index contributed by atoms with van der Waals surface area (Å²) < 4.78 is 5.55. The average Bonchev–Trinajstić information content (AvgIpc) is 2.97. The van der Waals surface area contributed by atoms with Gasteiger partial charge in [0.25, 0.3) is 0 Å². The maximum Gasteiger partial charge on any atom is 0.197 e. The van der Waals surface area contributed by atoms with Crippen molar-refractivity contribution >= 4 is 43.4 Å². The normalized spacial score (nSPS) is 11.0. The average molecular weight is 318 g/mol. The lowest BCUT2D eigenvalue weighted by Gasteiger charge is -2.09. The van der Waals surface area contributed by atoms with Crippen LogP contribution in [0.3, 0.4) is 0 Å². The van der Waals surface area contributed by atoms with E-state index >= 15 is 0 Å². The largest absolute Gasteiger partial charge is 0.508 e. The number of hydrogen-bond acceptors (Lipinski definition) is 5. The molecule has 7 heteroatoms. The van der Waals surface area contributed by atoms with Gasteiger partial charge in [-0.15, -0.1) is 0 Å². The molecule has 0 aliphatic carbocycles. The fourth-order valence-corrected chi connectivity index (χ4v) is 2.63. The van der Waals surface area contributed by atoms with Gasteiger partial charge in [-0.1, -0.05) is 17.8 Å². The first-order valence-corrected chi connectivity index (χ1v) is 7.24. The highest BCUT2D eigenvalue weighted by molar-refractivity contribution is 6.52. The van der Waals surface area contributed by atoms with Crippen LogP contribution in [-0.2, 0) is 6.42 Å². The fourth-order valence-electron chi connectivity index (χ4n) is 2.63. The van der Waals surface area contributed by atoms with Crippen molar-refractivity contribution in [3.05, 3.63) is 41.2 Å². The first-order chi connectivity index (χ1) is 11.4. The lowest BCUT2D eigenvalue weighted by Crippen LogP contribution is -2.26. The number of aromatic hydroxyl groups is 3. The molecule has 0 saturated heterocycles. The van der Waals surface area contributed by atoms with E-state index in [1.165, 1.54) is 24.3 Å². The van der Waals surface area contributed by atoms with Crippen molar-refractivity contribution < 1.29 is 24.5 Å². The molecule has 0 aliphatic rings. The molecule has 1 heterocycles. The van der Waals surface area contributed by atoms with Crippen molar-refractivity contribution in [2.75, 3.05) is 0 Å². The minimum atomic E-state index is -0.426. The predicted molar refractivity (Wildman–Crippen MR) is 91.2 cm³/mol. The lowest BCUT2D eigenvalue weighted by molar-refractivity contribution is 0.103. The standard InChI is InChI=1S/C17H12B2O5/c1-2-9-10(14(21)7-3-5-8(20)6-4-7)11-15(22)12(18)13(19)16(23)17(11)24-9/h3-6,20,22-23H,2H2,1H3. The van der Waals surface area contributed by atoms with Crippen LogP contribution in [0.4, 0.5) is 0 Å². The lowest BCUT2D eigenvalue weighted by atomic mass is 9.78. The molecule has 0 atom stereocenters. The minimum absolute atomic E-state index is 0.0223. The predicted octanol–water partition coefficient (Wildman–Crippen LogP) is 0.931. The molecule has 3 aromatic rings. The van der Waals surface area contributed by atoms with Gasteiger partial charge in [-0.25, -0.2) is 0 Å². The summed E-state index contributed by atoms with van der Waals surface area (Å²) in [6, 6.07) is 5.66. The van der Waals surface area contributed by atoms with Crippen molar-refractivity contribution in [3.63, 3.8) is 0 Å².